The molecule has 1 aromatic rings. The molecule has 0 saturated heterocycles. The quantitative estimate of drug-likeness (QED) is 0.792. The lowest BCUT2D eigenvalue weighted by atomic mass is 9.88. The maximum Gasteiger partial charge on any atom is 0.305 e. The van der Waals surface area contributed by atoms with Gasteiger partial charge in [0.25, 0.3) is 0 Å². The Hall–Kier alpha value is -1.24. The van der Waals surface area contributed by atoms with Crippen molar-refractivity contribution in [3.8, 4) is 0 Å². The van der Waals surface area contributed by atoms with E-state index in [2.05, 4.69) is 15.9 Å². The molecule has 1 N–H and O–H groups in total. The standard InChI is InChI=1S/C17H22BrNO4/c1-10(2)15-16(21)23-17(19-15,11(3)9-14(20)22-4)12-7-5-6-8-13(12)18/h5-8,10-11,16,21H,9H2,1-4H3/t11-,16?,17-/m1/s1. The number of aliphatic hydroxyl groups is 1. The predicted octanol–water partition coefficient (Wildman–Crippen LogP) is 3.25. The van der Waals surface area contributed by atoms with Crippen molar-refractivity contribution < 1.29 is 19.4 Å². The van der Waals surface area contributed by atoms with Crippen LogP contribution in [0.1, 0.15) is 32.8 Å². The van der Waals surface area contributed by atoms with Crippen molar-refractivity contribution in [1.29, 1.82) is 0 Å². The molecule has 0 fully saturated rings. The minimum Gasteiger partial charge on any atom is -0.469 e. The van der Waals surface area contributed by atoms with Crippen LogP contribution in [-0.4, -0.2) is 30.2 Å². The molecule has 0 radical (unpaired) electrons. The fourth-order valence-electron chi connectivity index (χ4n) is 2.76. The Morgan fingerprint density at radius 2 is 2.09 bits per heavy atom. The fourth-order valence-corrected chi connectivity index (χ4v) is 3.33. The van der Waals surface area contributed by atoms with E-state index in [1.807, 2.05) is 45.0 Å². The van der Waals surface area contributed by atoms with Gasteiger partial charge in [-0.05, 0) is 12.0 Å². The van der Waals surface area contributed by atoms with E-state index in [-0.39, 0.29) is 24.2 Å². The maximum absolute atomic E-state index is 11.7. The number of methoxy groups -OCH3 is 1. The van der Waals surface area contributed by atoms with Crippen molar-refractivity contribution in [3.05, 3.63) is 34.3 Å². The number of hydrogen-bond acceptors (Lipinski definition) is 5. The van der Waals surface area contributed by atoms with Gasteiger partial charge in [-0.1, -0.05) is 54.9 Å². The van der Waals surface area contributed by atoms with Crippen LogP contribution in [0.15, 0.2) is 33.7 Å². The number of benzene rings is 1. The molecule has 5 nitrogen and oxygen atoms in total. The second-order valence-corrected chi connectivity index (χ2v) is 6.87. The summed E-state index contributed by atoms with van der Waals surface area (Å²) in [5, 5.41) is 10.3. The maximum atomic E-state index is 11.7. The van der Waals surface area contributed by atoms with Gasteiger partial charge in [0.15, 0.2) is 12.0 Å². The molecule has 6 heteroatoms. The molecule has 0 amide bonds. The third-order valence-electron chi connectivity index (χ3n) is 4.06. The van der Waals surface area contributed by atoms with Crippen molar-refractivity contribution in [3.63, 3.8) is 0 Å². The van der Waals surface area contributed by atoms with E-state index in [0.29, 0.717) is 5.71 Å². The van der Waals surface area contributed by atoms with Gasteiger partial charge in [0, 0.05) is 16.0 Å². The molecule has 2 rings (SSSR count). The number of hydrogen-bond donors (Lipinski definition) is 1. The number of rotatable bonds is 5. The minimum atomic E-state index is -1.12. The monoisotopic (exact) mass is 383 g/mol. The molecule has 126 valence electrons. The summed E-state index contributed by atoms with van der Waals surface area (Å²) in [5.74, 6) is -0.602. The zero-order valence-corrected chi connectivity index (χ0v) is 15.3. The first-order valence-corrected chi connectivity index (χ1v) is 8.38. The second-order valence-electron chi connectivity index (χ2n) is 6.02. The number of carbonyl (C=O) groups excluding carboxylic acids is 1. The van der Waals surface area contributed by atoms with Gasteiger partial charge in [0.1, 0.15) is 0 Å². The lowest BCUT2D eigenvalue weighted by molar-refractivity contribution is -0.166. The summed E-state index contributed by atoms with van der Waals surface area (Å²) in [6.45, 7) is 5.77. The minimum absolute atomic E-state index is 0.0414. The van der Waals surface area contributed by atoms with Crippen molar-refractivity contribution >= 4 is 27.6 Å². The summed E-state index contributed by atoms with van der Waals surface area (Å²) in [7, 11) is 1.35. The van der Waals surface area contributed by atoms with Gasteiger partial charge in [-0.2, -0.15) is 0 Å². The van der Waals surface area contributed by atoms with E-state index in [9.17, 15) is 9.90 Å². The summed E-state index contributed by atoms with van der Waals surface area (Å²) in [6.07, 6.45) is -0.943. The van der Waals surface area contributed by atoms with E-state index < -0.39 is 12.0 Å². The Bertz CT molecular complexity index is 616. The van der Waals surface area contributed by atoms with E-state index in [0.717, 1.165) is 10.0 Å². The zero-order valence-electron chi connectivity index (χ0n) is 13.7. The van der Waals surface area contributed by atoms with E-state index >= 15 is 0 Å². The Balaban J connectivity index is 2.53. The lowest BCUT2D eigenvalue weighted by Crippen LogP contribution is -2.36. The number of esters is 1. The average Bonchev–Trinajstić information content (AvgIpc) is 2.86. The average molecular weight is 384 g/mol. The fraction of sp³-hybridized carbons (Fsp3) is 0.529. The first-order chi connectivity index (χ1) is 10.8. The third-order valence-corrected chi connectivity index (χ3v) is 4.75. The van der Waals surface area contributed by atoms with Crippen molar-refractivity contribution in [2.75, 3.05) is 7.11 Å². The van der Waals surface area contributed by atoms with Crippen LogP contribution in [0.25, 0.3) is 0 Å². The molecule has 1 heterocycles. The predicted molar refractivity (Wildman–Crippen MR) is 91.0 cm³/mol. The van der Waals surface area contributed by atoms with Crippen LogP contribution in [0, 0.1) is 11.8 Å². The van der Waals surface area contributed by atoms with Gasteiger partial charge < -0.3 is 14.6 Å². The van der Waals surface area contributed by atoms with Crippen molar-refractivity contribution in [1.82, 2.24) is 0 Å². The molecule has 1 aliphatic rings. The van der Waals surface area contributed by atoms with Crippen LogP contribution in [-0.2, 0) is 20.0 Å². The van der Waals surface area contributed by atoms with Gasteiger partial charge in [0.05, 0.1) is 19.2 Å². The summed E-state index contributed by atoms with van der Waals surface area (Å²) in [4.78, 5) is 16.5. The van der Waals surface area contributed by atoms with E-state index in [4.69, 9.17) is 14.5 Å². The highest BCUT2D eigenvalue weighted by atomic mass is 79.9. The van der Waals surface area contributed by atoms with Crippen LogP contribution >= 0.6 is 15.9 Å². The van der Waals surface area contributed by atoms with Crippen molar-refractivity contribution in [2.45, 2.75) is 39.2 Å². The van der Waals surface area contributed by atoms with Gasteiger partial charge in [-0.3, -0.25) is 4.79 Å². The molecule has 1 aliphatic heterocycles. The van der Waals surface area contributed by atoms with Crippen LogP contribution in [0.3, 0.4) is 0 Å². The number of aliphatic hydroxyl groups excluding tert-OH is 1. The first-order valence-electron chi connectivity index (χ1n) is 7.59. The molecule has 1 aromatic carbocycles. The highest BCUT2D eigenvalue weighted by Crippen LogP contribution is 2.45. The van der Waals surface area contributed by atoms with Gasteiger partial charge in [0.2, 0.25) is 0 Å². The Morgan fingerprint density at radius 1 is 1.43 bits per heavy atom. The van der Waals surface area contributed by atoms with Crippen LogP contribution < -0.4 is 0 Å². The molecular weight excluding hydrogens is 362 g/mol. The first kappa shape index (κ1) is 18.1. The molecule has 3 atom stereocenters. The van der Waals surface area contributed by atoms with E-state index in [1.54, 1.807) is 0 Å². The second kappa shape index (κ2) is 7.11. The summed E-state index contributed by atoms with van der Waals surface area (Å²) < 4.78 is 11.5. The van der Waals surface area contributed by atoms with E-state index in [1.165, 1.54) is 7.11 Å². The van der Waals surface area contributed by atoms with Crippen molar-refractivity contribution in [2.24, 2.45) is 16.8 Å². The number of halogens is 1. The highest BCUT2D eigenvalue weighted by Gasteiger charge is 2.49. The summed E-state index contributed by atoms with van der Waals surface area (Å²) in [5.41, 5.74) is 0.247. The normalized spacial score (nSPS) is 25.3. The molecule has 0 spiro atoms. The third kappa shape index (κ3) is 3.49. The molecule has 0 bridgehead atoms. The number of nitrogens with zero attached hydrogens (tertiary/aromatic N) is 1. The lowest BCUT2D eigenvalue weighted by Gasteiger charge is -2.33. The number of aliphatic imine (C=N–C) groups is 1. The van der Waals surface area contributed by atoms with Crippen LogP contribution in [0.4, 0.5) is 0 Å². The number of ether oxygens (including phenoxy) is 2. The van der Waals surface area contributed by atoms with Crippen LogP contribution in [0.5, 0.6) is 0 Å². The van der Waals surface area contributed by atoms with Crippen LogP contribution in [0.2, 0.25) is 0 Å². The number of carbonyl (C=O) groups is 1. The molecule has 0 saturated carbocycles. The smallest absolute Gasteiger partial charge is 0.305 e. The molecule has 1 unspecified atom stereocenters. The molecule has 0 aliphatic carbocycles. The Kier molecular flexibility index (Phi) is 5.60. The van der Waals surface area contributed by atoms with Gasteiger partial charge in [-0.25, -0.2) is 4.99 Å². The van der Waals surface area contributed by atoms with Gasteiger partial charge in [-0.15, -0.1) is 0 Å². The van der Waals surface area contributed by atoms with Gasteiger partial charge >= 0.3 is 5.97 Å². The summed E-state index contributed by atoms with van der Waals surface area (Å²) >= 11 is 3.52. The zero-order chi connectivity index (χ0) is 17.2. The Labute approximate surface area is 144 Å². The summed E-state index contributed by atoms with van der Waals surface area (Å²) in [6, 6.07) is 7.55. The largest absolute Gasteiger partial charge is 0.469 e. The molecule has 0 aromatic heterocycles. The highest BCUT2D eigenvalue weighted by molar-refractivity contribution is 9.10. The Morgan fingerprint density at radius 3 is 2.61 bits per heavy atom. The molecular formula is C17H22BrNO4. The SMILES string of the molecule is COC(=O)C[C@@H](C)[C@@]1(c2ccccc2Br)N=C(C(C)C)C(O)O1. The molecule has 23 heavy (non-hydrogen) atoms. The topological polar surface area (TPSA) is 68.1 Å².